The number of halogens is 1. The first-order valence-corrected chi connectivity index (χ1v) is 8.34. The lowest BCUT2D eigenvalue weighted by atomic mass is 10.1. The zero-order valence-electron chi connectivity index (χ0n) is 11.3. The standard InChI is InChI=1S/C12H24N2O2S.ClH/c1-10-11(2)14(8-7-13-10)17(15,16)9-12-5-3-4-6-12;/h10-13H,3-9H2,1-2H3;1H. The molecule has 6 heteroatoms. The van der Waals surface area contributed by atoms with Gasteiger partial charge in [0.25, 0.3) is 0 Å². The van der Waals surface area contributed by atoms with Crippen molar-refractivity contribution in [1.29, 1.82) is 0 Å². The molecule has 0 amide bonds. The van der Waals surface area contributed by atoms with E-state index in [4.69, 9.17) is 0 Å². The van der Waals surface area contributed by atoms with Crippen molar-refractivity contribution in [3.63, 3.8) is 0 Å². The Labute approximate surface area is 117 Å². The van der Waals surface area contributed by atoms with Gasteiger partial charge < -0.3 is 5.32 Å². The molecule has 4 nitrogen and oxygen atoms in total. The van der Waals surface area contributed by atoms with Gasteiger partial charge in [0.15, 0.2) is 0 Å². The lowest BCUT2D eigenvalue weighted by Crippen LogP contribution is -2.57. The maximum absolute atomic E-state index is 12.4. The van der Waals surface area contributed by atoms with Gasteiger partial charge in [-0.1, -0.05) is 12.8 Å². The van der Waals surface area contributed by atoms with Crippen molar-refractivity contribution in [3.8, 4) is 0 Å². The average molecular weight is 297 g/mol. The quantitative estimate of drug-likeness (QED) is 0.861. The summed E-state index contributed by atoms with van der Waals surface area (Å²) in [4.78, 5) is 0. The molecule has 2 fully saturated rings. The molecular formula is C12H25ClN2O2S. The molecule has 0 bridgehead atoms. The smallest absolute Gasteiger partial charge is 0.214 e. The minimum atomic E-state index is -3.06. The summed E-state index contributed by atoms with van der Waals surface area (Å²) in [7, 11) is -3.06. The summed E-state index contributed by atoms with van der Waals surface area (Å²) in [6, 6.07) is 0.331. The van der Waals surface area contributed by atoms with Crippen LogP contribution in [0.5, 0.6) is 0 Å². The molecule has 1 aliphatic heterocycles. The lowest BCUT2D eigenvalue weighted by molar-refractivity contribution is 0.231. The highest BCUT2D eigenvalue weighted by Crippen LogP contribution is 2.27. The Morgan fingerprint density at radius 3 is 2.44 bits per heavy atom. The van der Waals surface area contributed by atoms with Crippen molar-refractivity contribution in [2.75, 3.05) is 18.8 Å². The predicted octanol–water partition coefficient (Wildman–Crippen LogP) is 1.61. The van der Waals surface area contributed by atoms with Gasteiger partial charge in [0.05, 0.1) is 5.75 Å². The number of rotatable bonds is 3. The molecule has 108 valence electrons. The second kappa shape index (κ2) is 6.55. The molecule has 0 spiro atoms. The molecule has 2 aliphatic rings. The SMILES string of the molecule is CC1NCCN(S(=O)(=O)CC2CCCC2)C1C.Cl. The average Bonchev–Trinajstić information content (AvgIpc) is 2.73. The van der Waals surface area contributed by atoms with E-state index in [1.807, 2.05) is 6.92 Å². The Morgan fingerprint density at radius 1 is 1.22 bits per heavy atom. The maximum Gasteiger partial charge on any atom is 0.214 e. The highest BCUT2D eigenvalue weighted by atomic mass is 35.5. The van der Waals surface area contributed by atoms with Gasteiger partial charge in [-0.15, -0.1) is 12.4 Å². The van der Waals surface area contributed by atoms with E-state index in [-0.39, 0.29) is 24.5 Å². The summed E-state index contributed by atoms with van der Waals surface area (Å²) in [5.41, 5.74) is 0. The van der Waals surface area contributed by atoms with Crippen LogP contribution in [0.4, 0.5) is 0 Å². The molecule has 0 radical (unpaired) electrons. The molecule has 1 N–H and O–H groups in total. The van der Waals surface area contributed by atoms with Crippen LogP contribution in [0.2, 0.25) is 0 Å². The fourth-order valence-electron chi connectivity index (χ4n) is 2.99. The van der Waals surface area contributed by atoms with Gasteiger partial charge >= 0.3 is 0 Å². The van der Waals surface area contributed by atoms with E-state index in [0.29, 0.717) is 18.2 Å². The van der Waals surface area contributed by atoms with Crippen LogP contribution in [-0.4, -0.2) is 43.6 Å². The van der Waals surface area contributed by atoms with Gasteiger partial charge in [0, 0.05) is 25.2 Å². The van der Waals surface area contributed by atoms with Gasteiger partial charge in [0.1, 0.15) is 0 Å². The summed E-state index contributed by atoms with van der Waals surface area (Å²) in [6.07, 6.45) is 4.59. The number of hydrogen-bond acceptors (Lipinski definition) is 3. The van der Waals surface area contributed by atoms with Gasteiger partial charge in [0.2, 0.25) is 10.0 Å². The summed E-state index contributed by atoms with van der Waals surface area (Å²) in [5, 5.41) is 3.32. The maximum atomic E-state index is 12.4. The Hall–Kier alpha value is 0.160. The highest BCUT2D eigenvalue weighted by molar-refractivity contribution is 7.89. The van der Waals surface area contributed by atoms with E-state index in [1.165, 1.54) is 12.8 Å². The monoisotopic (exact) mass is 296 g/mol. The highest BCUT2D eigenvalue weighted by Gasteiger charge is 2.35. The minimum absolute atomic E-state index is 0. The van der Waals surface area contributed by atoms with Crippen LogP contribution in [-0.2, 0) is 10.0 Å². The van der Waals surface area contributed by atoms with Gasteiger partial charge in [-0.05, 0) is 32.6 Å². The second-order valence-electron chi connectivity index (χ2n) is 5.52. The fourth-order valence-corrected chi connectivity index (χ4v) is 5.17. The Kier molecular flexibility index (Phi) is 5.90. The topological polar surface area (TPSA) is 49.4 Å². The number of piperazine rings is 1. The van der Waals surface area contributed by atoms with Crippen LogP contribution in [0.15, 0.2) is 0 Å². The molecule has 1 saturated heterocycles. The number of nitrogens with one attached hydrogen (secondary N) is 1. The molecule has 1 saturated carbocycles. The summed E-state index contributed by atoms with van der Waals surface area (Å²) < 4.78 is 26.5. The van der Waals surface area contributed by atoms with Crippen molar-refractivity contribution in [2.24, 2.45) is 5.92 Å². The molecule has 0 aromatic heterocycles. The largest absolute Gasteiger partial charge is 0.311 e. The van der Waals surface area contributed by atoms with Crippen molar-refractivity contribution < 1.29 is 8.42 Å². The van der Waals surface area contributed by atoms with Crippen LogP contribution < -0.4 is 5.32 Å². The van der Waals surface area contributed by atoms with Crippen molar-refractivity contribution >= 4 is 22.4 Å². The molecular weight excluding hydrogens is 272 g/mol. The molecule has 1 aliphatic carbocycles. The Morgan fingerprint density at radius 2 is 1.83 bits per heavy atom. The van der Waals surface area contributed by atoms with Gasteiger partial charge in [-0.2, -0.15) is 4.31 Å². The van der Waals surface area contributed by atoms with E-state index < -0.39 is 10.0 Å². The molecule has 0 aromatic rings. The molecule has 1 heterocycles. The van der Waals surface area contributed by atoms with Crippen LogP contribution >= 0.6 is 12.4 Å². The zero-order valence-corrected chi connectivity index (χ0v) is 12.9. The third-order valence-electron chi connectivity index (χ3n) is 4.25. The number of hydrogen-bond donors (Lipinski definition) is 1. The molecule has 0 aromatic carbocycles. The normalized spacial score (nSPS) is 31.2. The number of nitrogens with zero attached hydrogens (tertiary/aromatic N) is 1. The summed E-state index contributed by atoms with van der Waals surface area (Å²) >= 11 is 0. The molecule has 2 rings (SSSR count). The van der Waals surface area contributed by atoms with E-state index >= 15 is 0 Å². The van der Waals surface area contributed by atoms with Gasteiger partial charge in [-0.3, -0.25) is 0 Å². The van der Waals surface area contributed by atoms with Crippen LogP contribution in [0, 0.1) is 5.92 Å². The third kappa shape index (κ3) is 3.59. The third-order valence-corrected chi connectivity index (χ3v) is 6.38. The second-order valence-corrected chi connectivity index (χ2v) is 7.49. The van der Waals surface area contributed by atoms with Crippen LogP contribution in [0.3, 0.4) is 0 Å². The molecule has 2 unspecified atom stereocenters. The zero-order chi connectivity index (χ0) is 12.5. The fraction of sp³-hybridized carbons (Fsp3) is 1.00. The van der Waals surface area contributed by atoms with Crippen molar-refractivity contribution in [1.82, 2.24) is 9.62 Å². The van der Waals surface area contributed by atoms with E-state index in [0.717, 1.165) is 19.4 Å². The van der Waals surface area contributed by atoms with Gasteiger partial charge in [-0.25, -0.2) is 8.42 Å². The van der Waals surface area contributed by atoms with Crippen molar-refractivity contribution in [3.05, 3.63) is 0 Å². The Bertz CT molecular complexity index is 355. The lowest BCUT2D eigenvalue weighted by Gasteiger charge is -2.38. The Balaban J connectivity index is 0.00000162. The summed E-state index contributed by atoms with van der Waals surface area (Å²) in [5.74, 6) is 0.766. The molecule has 18 heavy (non-hydrogen) atoms. The first kappa shape index (κ1) is 16.2. The minimum Gasteiger partial charge on any atom is -0.311 e. The van der Waals surface area contributed by atoms with Crippen molar-refractivity contribution in [2.45, 2.75) is 51.6 Å². The predicted molar refractivity (Wildman–Crippen MR) is 76.6 cm³/mol. The number of sulfonamides is 1. The van der Waals surface area contributed by atoms with E-state index in [1.54, 1.807) is 4.31 Å². The first-order valence-electron chi connectivity index (χ1n) is 6.73. The van der Waals surface area contributed by atoms with E-state index in [9.17, 15) is 8.42 Å². The molecule has 2 atom stereocenters. The van der Waals surface area contributed by atoms with E-state index in [2.05, 4.69) is 12.2 Å². The van der Waals surface area contributed by atoms with Crippen LogP contribution in [0.1, 0.15) is 39.5 Å². The van der Waals surface area contributed by atoms with Crippen LogP contribution in [0.25, 0.3) is 0 Å². The summed E-state index contributed by atoms with van der Waals surface area (Å²) in [6.45, 7) is 5.46. The first-order chi connectivity index (χ1) is 8.00.